The van der Waals surface area contributed by atoms with Gasteiger partial charge in [-0.05, 0) is 30.9 Å². The van der Waals surface area contributed by atoms with E-state index in [2.05, 4.69) is 0 Å². The summed E-state index contributed by atoms with van der Waals surface area (Å²) in [6, 6.07) is 2.96. The number of carboxylic acid groups (broad SMARTS) is 1. The topological polar surface area (TPSA) is 83.5 Å². The van der Waals surface area contributed by atoms with Crippen LogP contribution in [0.25, 0.3) is 0 Å². The summed E-state index contributed by atoms with van der Waals surface area (Å²) in [5.41, 5.74) is 7.32. The minimum absolute atomic E-state index is 0. The number of halogens is 1. The van der Waals surface area contributed by atoms with Crippen LogP contribution in [-0.4, -0.2) is 16.2 Å². The number of hydrogen-bond acceptors (Lipinski definition) is 3. The Hall–Kier alpha value is -1.26. The lowest BCUT2D eigenvalue weighted by Crippen LogP contribution is -2.13. The highest BCUT2D eigenvalue weighted by Gasteiger charge is 2.27. The second-order valence-corrected chi connectivity index (χ2v) is 4.84. The fourth-order valence-electron chi connectivity index (χ4n) is 2.09. The third-order valence-electron chi connectivity index (χ3n) is 3.20. The van der Waals surface area contributed by atoms with Crippen LogP contribution in [0, 0.1) is 12.8 Å². The first kappa shape index (κ1) is 14.8. The molecule has 18 heavy (non-hydrogen) atoms. The molecule has 0 aliphatic heterocycles. The molecule has 0 aromatic heterocycles. The molecule has 4 nitrogen and oxygen atoms in total. The number of phenols is 1. The summed E-state index contributed by atoms with van der Waals surface area (Å²) in [6.07, 6.45) is 3.19. The number of aromatic carboxylic acids is 1. The highest BCUT2D eigenvalue weighted by atomic mass is 35.5. The van der Waals surface area contributed by atoms with Crippen LogP contribution < -0.4 is 5.73 Å². The molecule has 0 spiro atoms. The molecule has 5 heteroatoms. The molecule has 1 aliphatic rings. The van der Waals surface area contributed by atoms with Crippen LogP contribution in [0.15, 0.2) is 12.1 Å². The van der Waals surface area contributed by atoms with E-state index in [-0.39, 0.29) is 29.8 Å². The molecular formula is C13H18ClNO3. The van der Waals surface area contributed by atoms with Crippen molar-refractivity contribution in [3.63, 3.8) is 0 Å². The second kappa shape index (κ2) is 5.59. The molecule has 1 aliphatic carbocycles. The summed E-state index contributed by atoms with van der Waals surface area (Å²) in [7, 11) is 0. The highest BCUT2D eigenvalue weighted by molar-refractivity contribution is 5.91. The minimum atomic E-state index is -1.12. The third kappa shape index (κ3) is 3.15. The van der Waals surface area contributed by atoms with Crippen LogP contribution in [0.4, 0.5) is 0 Å². The van der Waals surface area contributed by atoms with E-state index in [1.165, 1.54) is 18.9 Å². The van der Waals surface area contributed by atoms with Gasteiger partial charge >= 0.3 is 5.97 Å². The summed E-state index contributed by atoms with van der Waals surface area (Å²) in [5, 5.41) is 18.9. The van der Waals surface area contributed by atoms with Crippen molar-refractivity contribution in [1.82, 2.24) is 0 Å². The smallest absolute Gasteiger partial charge is 0.339 e. The molecule has 1 aromatic carbocycles. The molecule has 0 radical (unpaired) electrons. The predicted molar refractivity (Wildman–Crippen MR) is 71.3 cm³/mol. The van der Waals surface area contributed by atoms with Gasteiger partial charge in [0.25, 0.3) is 0 Å². The standard InChI is InChI=1S/C13H17NO3.ClH/c1-7-4-9(11(14)6-8-2-3-8)12(15)10(5-7)13(16)17;/h4-5,8,11,15H,2-3,6,14H2,1H3,(H,16,17);1H/t11-;/m0./s1. The Morgan fingerprint density at radius 1 is 1.50 bits per heavy atom. The van der Waals surface area contributed by atoms with Crippen LogP contribution in [-0.2, 0) is 0 Å². The van der Waals surface area contributed by atoms with Gasteiger partial charge in [-0.1, -0.05) is 18.9 Å². The molecule has 0 unspecified atom stereocenters. The lowest BCUT2D eigenvalue weighted by Gasteiger charge is -2.15. The average molecular weight is 272 g/mol. The number of rotatable bonds is 4. The summed E-state index contributed by atoms with van der Waals surface area (Å²) < 4.78 is 0. The lowest BCUT2D eigenvalue weighted by atomic mass is 9.96. The highest BCUT2D eigenvalue weighted by Crippen LogP contribution is 2.39. The molecule has 0 bridgehead atoms. The van der Waals surface area contributed by atoms with Crippen LogP contribution in [0.2, 0.25) is 0 Å². The van der Waals surface area contributed by atoms with Crippen molar-refractivity contribution in [1.29, 1.82) is 0 Å². The number of carbonyl (C=O) groups is 1. The SMILES string of the molecule is Cc1cc(C(=O)O)c(O)c([C@@H](N)CC2CC2)c1.Cl. The number of nitrogens with two attached hydrogens (primary N) is 1. The lowest BCUT2D eigenvalue weighted by molar-refractivity contribution is 0.0693. The quantitative estimate of drug-likeness (QED) is 0.786. The summed E-state index contributed by atoms with van der Waals surface area (Å²) in [4.78, 5) is 11.0. The van der Waals surface area contributed by atoms with E-state index in [1.807, 2.05) is 0 Å². The van der Waals surface area contributed by atoms with Gasteiger partial charge in [0, 0.05) is 11.6 Å². The van der Waals surface area contributed by atoms with Crippen molar-refractivity contribution in [3.8, 4) is 5.75 Å². The summed E-state index contributed by atoms with van der Waals surface area (Å²) in [5.74, 6) is -0.666. The number of aromatic hydroxyl groups is 1. The number of benzene rings is 1. The third-order valence-corrected chi connectivity index (χ3v) is 3.20. The normalized spacial score (nSPS) is 15.9. The number of hydrogen-bond donors (Lipinski definition) is 3. The van der Waals surface area contributed by atoms with Gasteiger partial charge in [0.1, 0.15) is 11.3 Å². The monoisotopic (exact) mass is 271 g/mol. The first-order chi connectivity index (χ1) is 7.99. The zero-order valence-corrected chi connectivity index (χ0v) is 11.0. The minimum Gasteiger partial charge on any atom is -0.507 e. The molecular weight excluding hydrogens is 254 g/mol. The Kier molecular flexibility index (Phi) is 4.59. The second-order valence-electron chi connectivity index (χ2n) is 4.84. The zero-order chi connectivity index (χ0) is 12.6. The molecule has 1 atom stereocenters. The van der Waals surface area contributed by atoms with Crippen molar-refractivity contribution in [3.05, 3.63) is 28.8 Å². The molecule has 4 N–H and O–H groups in total. The van der Waals surface area contributed by atoms with Gasteiger partial charge in [0.2, 0.25) is 0 Å². The van der Waals surface area contributed by atoms with Gasteiger partial charge < -0.3 is 15.9 Å². The van der Waals surface area contributed by atoms with Gasteiger partial charge in [-0.25, -0.2) is 4.79 Å². The Balaban J connectivity index is 0.00000162. The van der Waals surface area contributed by atoms with Crippen molar-refractivity contribution < 1.29 is 15.0 Å². The van der Waals surface area contributed by atoms with Crippen LogP contribution >= 0.6 is 12.4 Å². The molecule has 0 saturated heterocycles. The van der Waals surface area contributed by atoms with Crippen molar-refractivity contribution in [2.45, 2.75) is 32.2 Å². The van der Waals surface area contributed by atoms with E-state index in [1.54, 1.807) is 13.0 Å². The van der Waals surface area contributed by atoms with E-state index in [4.69, 9.17) is 10.8 Å². The van der Waals surface area contributed by atoms with Crippen molar-refractivity contribution in [2.75, 3.05) is 0 Å². The van der Waals surface area contributed by atoms with E-state index in [0.717, 1.165) is 12.0 Å². The molecule has 0 heterocycles. The number of aryl methyl sites for hydroxylation is 1. The Morgan fingerprint density at radius 3 is 2.61 bits per heavy atom. The fraction of sp³-hybridized carbons (Fsp3) is 0.462. The molecule has 1 fully saturated rings. The van der Waals surface area contributed by atoms with Gasteiger partial charge in [-0.3, -0.25) is 0 Å². The summed E-state index contributed by atoms with van der Waals surface area (Å²) >= 11 is 0. The Bertz CT molecular complexity index is 458. The van der Waals surface area contributed by atoms with Crippen molar-refractivity contribution in [2.24, 2.45) is 11.7 Å². The van der Waals surface area contributed by atoms with Crippen molar-refractivity contribution >= 4 is 18.4 Å². The Labute approximate surface area is 112 Å². The molecule has 1 saturated carbocycles. The van der Waals surface area contributed by atoms with Crippen LogP contribution in [0.1, 0.15) is 46.8 Å². The first-order valence-corrected chi connectivity index (χ1v) is 5.81. The van der Waals surface area contributed by atoms with Crippen LogP contribution in [0.5, 0.6) is 5.75 Å². The molecule has 2 rings (SSSR count). The molecule has 100 valence electrons. The fourth-order valence-corrected chi connectivity index (χ4v) is 2.09. The maximum atomic E-state index is 11.0. The van der Waals surface area contributed by atoms with E-state index < -0.39 is 5.97 Å². The summed E-state index contributed by atoms with van der Waals surface area (Å²) in [6.45, 7) is 1.80. The molecule has 0 amide bonds. The van der Waals surface area contributed by atoms with Gasteiger partial charge in [0.15, 0.2) is 0 Å². The zero-order valence-electron chi connectivity index (χ0n) is 10.2. The maximum Gasteiger partial charge on any atom is 0.339 e. The van der Waals surface area contributed by atoms with E-state index in [0.29, 0.717) is 11.5 Å². The average Bonchev–Trinajstić information content (AvgIpc) is 3.04. The van der Waals surface area contributed by atoms with Gasteiger partial charge in [0.05, 0.1) is 0 Å². The van der Waals surface area contributed by atoms with Crippen LogP contribution in [0.3, 0.4) is 0 Å². The number of carboxylic acids is 1. The van der Waals surface area contributed by atoms with Gasteiger partial charge in [-0.2, -0.15) is 0 Å². The first-order valence-electron chi connectivity index (χ1n) is 5.81. The largest absolute Gasteiger partial charge is 0.507 e. The van der Waals surface area contributed by atoms with E-state index >= 15 is 0 Å². The molecule has 1 aromatic rings. The van der Waals surface area contributed by atoms with Gasteiger partial charge in [-0.15, -0.1) is 12.4 Å². The Morgan fingerprint density at radius 2 is 2.11 bits per heavy atom. The maximum absolute atomic E-state index is 11.0. The van der Waals surface area contributed by atoms with E-state index in [9.17, 15) is 9.90 Å². The predicted octanol–water partition coefficient (Wildman–Crippen LogP) is 2.62.